The Balaban J connectivity index is 2.08. The third-order valence-corrected chi connectivity index (χ3v) is 4.02. The van der Waals surface area contributed by atoms with Crippen LogP contribution in [0.15, 0.2) is 42.5 Å². The number of hydrogen-bond acceptors (Lipinski definition) is 3. The molecule has 0 spiro atoms. The zero-order chi connectivity index (χ0) is 17.3. The van der Waals surface area contributed by atoms with E-state index in [1.165, 1.54) is 0 Å². The highest BCUT2D eigenvalue weighted by Crippen LogP contribution is 2.30. The molecule has 0 bridgehead atoms. The summed E-state index contributed by atoms with van der Waals surface area (Å²) in [6.45, 7) is 1.94. The molecule has 0 fully saturated rings. The van der Waals surface area contributed by atoms with Crippen LogP contribution in [-0.2, 0) is 4.79 Å². The number of benzene rings is 2. The summed E-state index contributed by atoms with van der Waals surface area (Å²) in [6, 6.07) is 13.6. The highest BCUT2D eigenvalue weighted by atomic mass is 16.1. The molecule has 1 atom stereocenters. The molecule has 0 saturated carbocycles. The van der Waals surface area contributed by atoms with Crippen LogP contribution in [0.2, 0.25) is 0 Å². The molecular weight excluding hydrogens is 304 g/mol. The van der Waals surface area contributed by atoms with Crippen molar-refractivity contribution < 1.29 is 9.59 Å². The van der Waals surface area contributed by atoms with Crippen LogP contribution in [0.1, 0.15) is 28.9 Å². The van der Waals surface area contributed by atoms with Crippen LogP contribution in [0.3, 0.4) is 0 Å². The molecule has 1 unspecified atom stereocenters. The predicted molar refractivity (Wildman–Crippen MR) is 94.5 cm³/mol. The number of nitrogens with one attached hydrogen (secondary N) is 2. The first-order valence-corrected chi connectivity index (χ1v) is 7.53. The molecule has 24 heavy (non-hydrogen) atoms. The van der Waals surface area contributed by atoms with Crippen LogP contribution in [0.5, 0.6) is 0 Å². The number of aromatic nitrogens is 1. The third kappa shape index (κ3) is 2.75. The molecule has 3 rings (SSSR count). The molecule has 1 aromatic heterocycles. The number of nitrogens with two attached hydrogens (primary N) is 2. The SMILES string of the molecule is CC(N)c1ccc(-c2ccc3c(C(N)=O)c(NC=O)[nH]c3c2)cc1. The minimum atomic E-state index is -0.598. The van der Waals surface area contributed by atoms with Gasteiger partial charge in [-0.1, -0.05) is 36.4 Å². The van der Waals surface area contributed by atoms with Crippen LogP contribution in [0, 0.1) is 0 Å². The second-order valence-electron chi connectivity index (χ2n) is 5.67. The van der Waals surface area contributed by atoms with Crippen molar-refractivity contribution in [2.45, 2.75) is 13.0 Å². The Hall–Kier alpha value is -3.12. The fraction of sp³-hybridized carbons (Fsp3) is 0.111. The quantitative estimate of drug-likeness (QED) is 0.541. The van der Waals surface area contributed by atoms with Gasteiger partial charge in [0.05, 0.1) is 5.56 Å². The maximum Gasteiger partial charge on any atom is 0.253 e. The van der Waals surface area contributed by atoms with Gasteiger partial charge in [0, 0.05) is 16.9 Å². The van der Waals surface area contributed by atoms with Crippen molar-refractivity contribution in [1.29, 1.82) is 0 Å². The molecule has 0 saturated heterocycles. The van der Waals surface area contributed by atoms with E-state index in [1.54, 1.807) is 0 Å². The molecule has 3 aromatic rings. The summed E-state index contributed by atoms with van der Waals surface area (Å²) in [5.74, 6) is -0.295. The van der Waals surface area contributed by atoms with Crippen molar-refractivity contribution in [3.63, 3.8) is 0 Å². The largest absolute Gasteiger partial charge is 0.365 e. The second kappa shape index (κ2) is 6.17. The van der Waals surface area contributed by atoms with Gasteiger partial charge in [0.15, 0.2) is 0 Å². The normalized spacial score (nSPS) is 12.1. The van der Waals surface area contributed by atoms with Crippen molar-refractivity contribution in [3.05, 3.63) is 53.6 Å². The lowest BCUT2D eigenvalue weighted by molar-refractivity contribution is -0.105. The Bertz CT molecular complexity index is 911. The number of H-pyrrole nitrogens is 1. The minimum absolute atomic E-state index is 0.0139. The lowest BCUT2D eigenvalue weighted by Crippen LogP contribution is -2.13. The van der Waals surface area contributed by atoms with Gasteiger partial charge < -0.3 is 21.8 Å². The summed E-state index contributed by atoms with van der Waals surface area (Å²) in [5, 5.41) is 3.14. The lowest BCUT2D eigenvalue weighted by Gasteiger charge is -2.07. The van der Waals surface area contributed by atoms with Crippen molar-refractivity contribution >= 4 is 29.0 Å². The molecule has 0 aliphatic heterocycles. The molecule has 2 amide bonds. The maximum atomic E-state index is 11.7. The van der Waals surface area contributed by atoms with Gasteiger partial charge in [-0.05, 0) is 29.7 Å². The Morgan fingerprint density at radius 1 is 1.17 bits per heavy atom. The van der Waals surface area contributed by atoms with E-state index >= 15 is 0 Å². The fourth-order valence-corrected chi connectivity index (χ4v) is 2.78. The molecule has 1 heterocycles. The summed E-state index contributed by atoms with van der Waals surface area (Å²) in [7, 11) is 0. The van der Waals surface area contributed by atoms with Crippen LogP contribution < -0.4 is 16.8 Å². The van der Waals surface area contributed by atoms with Gasteiger partial charge >= 0.3 is 0 Å². The fourth-order valence-electron chi connectivity index (χ4n) is 2.78. The summed E-state index contributed by atoms with van der Waals surface area (Å²) in [4.78, 5) is 25.4. The van der Waals surface area contributed by atoms with Gasteiger partial charge in [-0.3, -0.25) is 9.59 Å². The summed E-state index contributed by atoms with van der Waals surface area (Å²) >= 11 is 0. The standard InChI is InChI=1S/C18H18N4O2/c1-10(19)11-2-4-12(5-3-11)13-6-7-14-15(8-13)22-18(21-9-23)16(14)17(20)24/h2-10,22H,19H2,1H3,(H2,20,24)(H,21,23). The van der Waals surface area contributed by atoms with E-state index in [1.807, 2.05) is 49.4 Å². The number of fused-ring (bicyclic) bond motifs is 1. The summed E-state index contributed by atoms with van der Waals surface area (Å²) in [5.41, 5.74) is 15.4. The second-order valence-corrected chi connectivity index (χ2v) is 5.67. The molecular formula is C18H18N4O2. The Kier molecular flexibility index (Phi) is 4.05. The van der Waals surface area contributed by atoms with Crippen LogP contribution in [0.4, 0.5) is 5.82 Å². The molecule has 6 N–H and O–H groups in total. The van der Waals surface area contributed by atoms with E-state index in [4.69, 9.17) is 11.5 Å². The molecule has 2 aromatic carbocycles. The lowest BCUT2D eigenvalue weighted by atomic mass is 10.0. The summed E-state index contributed by atoms with van der Waals surface area (Å²) < 4.78 is 0. The minimum Gasteiger partial charge on any atom is -0.365 e. The topological polar surface area (TPSA) is 114 Å². The number of aromatic amines is 1. The predicted octanol–water partition coefficient (Wildman–Crippen LogP) is 2.52. The van der Waals surface area contributed by atoms with Gasteiger partial charge in [0.2, 0.25) is 6.41 Å². The zero-order valence-electron chi connectivity index (χ0n) is 13.2. The van der Waals surface area contributed by atoms with Crippen molar-refractivity contribution in [2.24, 2.45) is 11.5 Å². The van der Waals surface area contributed by atoms with Gasteiger partial charge in [0.1, 0.15) is 5.82 Å². The number of amides is 2. The Morgan fingerprint density at radius 2 is 1.83 bits per heavy atom. The first-order chi connectivity index (χ1) is 11.5. The molecule has 6 heteroatoms. The molecule has 0 aliphatic carbocycles. The van der Waals surface area contributed by atoms with Crippen LogP contribution >= 0.6 is 0 Å². The number of rotatable bonds is 5. The number of carbonyl (C=O) groups excluding carboxylic acids is 2. The average molecular weight is 322 g/mol. The van der Waals surface area contributed by atoms with Crippen LogP contribution in [-0.4, -0.2) is 17.3 Å². The van der Waals surface area contributed by atoms with Gasteiger partial charge in [0.25, 0.3) is 5.91 Å². The third-order valence-electron chi connectivity index (χ3n) is 4.02. The van der Waals surface area contributed by atoms with Crippen LogP contribution in [0.25, 0.3) is 22.0 Å². The molecule has 6 nitrogen and oxygen atoms in total. The van der Waals surface area contributed by atoms with Gasteiger partial charge in [-0.25, -0.2) is 0 Å². The van der Waals surface area contributed by atoms with E-state index in [0.29, 0.717) is 17.6 Å². The number of primary amides is 1. The van der Waals surface area contributed by atoms with Gasteiger partial charge in [-0.15, -0.1) is 0 Å². The van der Waals surface area contributed by atoms with Crippen molar-refractivity contribution in [1.82, 2.24) is 4.98 Å². The summed E-state index contributed by atoms with van der Waals surface area (Å²) in [6.07, 6.45) is 0.505. The average Bonchev–Trinajstić information content (AvgIpc) is 2.92. The zero-order valence-corrected chi connectivity index (χ0v) is 13.2. The molecule has 0 aliphatic rings. The van der Waals surface area contributed by atoms with E-state index in [-0.39, 0.29) is 11.6 Å². The molecule has 0 radical (unpaired) electrons. The highest BCUT2D eigenvalue weighted by molar-refractivity contribution is 6.12. The van der Waals surface area contributed by atoms with Gasteiger partial charge in [-0.2, -0.15) is 0 Å². The van der Waals surface area contributed by atoms with Crippen molar-refractivity contribution in [2.75, 3.05) is 5.32 Å². The van der Waals surface area contributed by atoms with E-state index < -0.39 is 5.91 Å². The maximum absolute atomic E-state index is 11.7. The van der Waals surface area contributed by atoms with E-state index in [0.717, 1.165) is 22.2 Å². The monoisotopic (exact) mass is 322 g/mol. The highest BCUT2D eigenvalue weighted by Gasteiger charge is 2.16. The number of carbonyl (C=O) groups is 2. The Morgan fingerprint density at radius 3 is 2.42 bits per heavy atom. The number of anilines is 1. The smallest absolute Gasteiger partial charge is 0.253 e. The first-order valence-electron chi connectivity index (χ1n) is 7.53. The molecule has 122 valence electrons. The van der Waals surface area contributed by atoms with Crippen molar-refractivity contribution in [3.8, 4) is 11.1 Å². The Labute approximate surface area is 138 Å². The number of hydrogen-bond donors (Lipinski definition) is 4. The van der Waals surface area contributed by atoms with E-state index in [2.05, 4.69) is 10.3 Å². The first kappa shape index (κ1) is 15.8. The van der Waals surface area contributed by atoms with E-state index in [9.17, 15) is 9.59 Å².